The van der Waals surface area contributed by atoms with Gasteiger partial charge in [0, 0.05) is 43.3 Å². The van der Waals surface area contributed by atoms with Crippen LogP contribution in [0.25, 0.3) is 10.9 Å². The maximum absolute atomic E-state index is 6.18. The monoisotopic (exact) mass is 363 g/mol. The molecule has 0 unspecified atom stereocenters. The number of nitrogens with zero attached hydrogens (tertiary/aromatic N) is 2. The topological polar surface area (TPSA) is 31.5 Å². The molecule has 1 fully saturated rings. The van der Waals surface area contributed by atoms with E-state index in [9.17, 15) is 0 Å². The van der Waals surface area contributed by atoms with Gasteiger partial charge in [0.15, 0.2) is 0 Å². The second-order valence-electron chi connectivity index (χ2n) is 7.52. The first-order chi connectivity index (χ1) is 13.3. The summed E-state index contributed by atoms with van der Waals surface area (Å²) in [5.41, 5.74) is 3.72. The van der Waals surface area contributed by atoms with Crippen molar-refractivity contribution >= 4 is 10.9 Å². The fraction of sp³-hybridized carbons (Fsp3) is 0.391. The number of H-pyrrole nitrogens is 1. The summed E-state index contributed by atoms with van der Waals surface area (Å²) < 4.78 is 6.18. The number of nitrogens with one attached hydrogen (secondary N) is 1. The van der Waals surface area contributed by atoms with Crippen molar-refractivity contribution in [2.75, 3.05) is 39.8 Å². The Morgan fingerprint density at radius 2 is 1.78 bits per heavy atom. The van der Waals surface area contributed by atoms with Crippen LogP contribution in [0.5, 0.6) is 5.75 Å². The first-order valence-electron chi connectivity index (χ1n) is 9.96. The van der Waals surface area contributed by atoms with Crippen LogP contribution in [-0.4, -0.2) is 54.6 Å². The zero-order valence-corrected chi connectivity index (χ0v) is 16.2. The molecule has 1 saturated heterocycles. The van der Waals surface area contributed by atoms with E-state index in [1.807, 2.05) is 6.07 Å². The number of likely N-dealkylation sites (N-methyl/N-ethyl adjacent to an activating group) is 1. The Hall–Kier alpha value is -2.30. The van der Waals surface area contributed by atoms with Crippen LogP contribution in [0.1, 0.15) is 17.5 Å². The highest BCUT2D eigenvalue weighted by atomic mass is 16.5. The fourth-order valence-corrected chi connectivity index (χ4v) is 3.84. The van der Waals surface area contributed by atoms with E-state index in [1.54, 1.807) is 0 Å². The number of aryl methyl sites for hydroxylation is 1. The van der Waals surface area contributed by atoms with Gasteiger partial charge in [-0.05, 0) is 49.7 Å². The Bertz CT molecular complexity index is 850. The summed E-state index contributed by atoms with van der Waals surface area (Å²) >= 11 is 0. The van der Waals surface area contributed by atoms with E-state index < -0.39 is 0 Å². The predicted molar refractivity (Wildman–Crippen MR) is 111 cm³/mol. The maximum Gasteiger partial charge on any atom is 0.129 e. The van der Waals surface area contributed by atoms with Crippen LogP contribution in [0.2, 0.25) is 0 Å². The van der Waals surface area contributed by atoms with E-state index in [0.717, 1.165) is 17.7 Å². The summed E-state index contributed by atoms with van der Waals surface area (Å²) in [6, 6.07) is 16.6. The average molecular weight is 364 g/mol. The standard InChI is InChI=1S/C23H29N3O/c1-25-13-15-26(16-14-25)12-6-9-20-17-24-21-10-5-11-22(23(20)21)27-18-19-7-3-2-4-8-19/h2-5,7-8,10-11,17,24H,6,9,12-16,18H2,1H3. The number of rotatable bonds is 7. The lowest BCUT2D eigenvalue weighted by Gasteiger charge is -2.32. The molecule has 0 spiro atoms. The maximum atomic E-state index is 6.18. The van der Waals surface area contributed by atoms with Gasteiger partial charge in [-0.2, -0.15) is 0 Å². The minimum atomic E-state index is 0.603. The molecule has 1 aliphatic rings. The smallest absolute Gasteiger partial charge is 0.129 e. The number of piperazine rings is 1. The van der Waals surface area contributed by atoms with Gasteiger partial charge < -0.3 is 19.5 Å². The highest BCUT2D eigenvalue weighted by molar-refractivity contribution is 5.89. The largest absolute Gasteiger partial charge is 0.488 e. The number of fused-ring (bicyclic) bond motifs is 1. The number of aromatic nitrogens is 1. The van der Waals surface area contributed by atoms with Crippen LogP contribution in [0, 0.1) is 0 Å². The second kappa shape index (κ2) is 8.59. The molecule has 3 aromatic rings. The Kier molecular flexibility index (Phi) is 5.75. The van der Waals surface area contributed by atoms with Gasteiger partial charge in [0.05, 0.1) is 0 Å². The van der Waals surface area contributed by atoms with Crippen LogP contribution < -0.4 is 4.74 Å². The molecule has 1 aliphatic heterocycles. The summed E-state index contributed by atoms with van der Waals surface area (Å²) in [6.45, 7) is 6.53. The fourth-order valence-electron chi connectivity index (χ4n) is 3.84. The third-order valence-electron chi connectivity index (χ3n) is 5.50. The molecule has 0 atom stereocenters. The van der Waals surface area contributed by atoms with E-state index in [0.29, 0.717) is 6.61 Å². The third-order valence-corrected chi connectivity index (χ3v) is 5.50. The van der Waals surface area contributed by atoms with Crippen LogP contribution >= 0.6 is 0 Å². The highest BCUT2D eigenvalue weighted by Gasteiger charge is 2.14. The number of benzene rings is 2. The molecule has 2 aromatic carbocycles. The minimum absolute atomic E-state index is 0.603. The van der Waals surface area contributed by atoms with Gasteiger partial charge in [-0.25, -0.2) is 0 Å². The highest BCUT2D eigenvalue weighted by Crippen LogP contribution is 2.30. The van der Waals surface area contributed by atoms with Crippen molar-refractivity contribution in [3.8, 4) is 5.75 Å². The quantitative estimate of drug-likeness (QED) is 0.690. The molecule has 4 nitrogen and oxygen atoms in total. The number of hydrogen-bond acceptors (Lipinski definition) is 3. The molecule has 0 radical (unpaired) electrons. The molecule has 4 rings (SSSR count). The van der Waals surface area contributed by atoms with Gasteiger partial charge in [0.1, 0.15) is 12.4 Å². The van der Waals surface area contributed by atoms with Crippen LogP contribution in [0.4, 0.5) is 0 Å². The van der Waals surface area contributed by atoms with Gasteiger partial charge in [0.25, 0.3) is 0 Å². The summed E-state index contributed by atoms with van der Waals surface area (Å²) in [6.07, 6.45) is 4.42. The first-order valence-corrected chi connectivity index (χ1v) is 9.96. The van der Waals surface area contributed by atoms with Crippen molar-refractivity contribution in [1.29, 1.82) is 0 Å². The van der Waals surface area contributed by atoms with Crippen LogP contribution in [0.15, 0.2) is 54.7 Å². The Labute approximate surface area is 161 Å². The van der Waals surface area contributed by atoms with Gasteiger partial charge >= 0.3 is 0 Å². The molecule has 2 heterocycles. The zero-order chi connectivity index (χ0) is 18.5. The van der Waals surface area contributed by atoms with Gasteiger partial charge in [-0.3, -0.25) is 0 Å². The minimum Gasteiger partial charge on any atom is -0.488 e. The Morgan fingerprint density at radius 1 is 0.963 bits per heavy atom. The zero-order valence-electron chi connectivity index (χ0n) is 16.2. The lowest BCUT2D eigenvalue weighted by Crippen LogP contribution is -2.44. The van der Waals surface area contributed by atoms with Crippen molar-refractivity contribution in [2.45, 2.75) is 19.4 Å². The van der Waals surface area contributed by atoms with Crippen molar-refractivity contribution in [3.63, 3.8) is 0 Å². The molecule has 4 heteroatoms. The van der Waals surface area contributed by atoms with E-state index in [-0.39, 0.29) is 0 Å². The number of hydrogen-bond donors (Lipinski definition) is 1. The molecule has 1 N–H and O–H groups in total. The van der Waals surface area contributed by atoms with Gasteiger partial charge in [-0.15, -0.1) is 0 Å². The summed E-state index contributed by atoms with van der Waals surface area (Å²) in [4.78, 5) is 8.41. The molecule has 0 saturated carbocycles. The Balaban J connectivity index is 1.40. The second-order valence-corrected chi connectivity index (χ2v) is 7.52. The van der Waals surface area contributed by atoms with E-state index in [2.05, 4.69) is 70.5 Å². The van der Waals surface area contributed by atoms with Gasteiger partial charge in [0.2, 0.25) is 0 Å². The van der Waals surface area contributed by atoms with E-state index in [1.165, 1.54) is 55.7 Å². The summed E-state index contributed by atoms with van der Waals surface area (Å²) in [7, 11) is 2.21. The molecule has 0 aliphatic carbocycles. The molecule has 1 aromatic heterocycles. The molecule has 27 heavy (non-hydrogen) atoms. The van der Waals surface area contributed by atoms with Crippen LogP contribution in [0.3, 0.4) is 0 Å². The van der Waals surface area contributed by atoms with Crippen molar-refractivity contribution in [1.82, 2.24) is 14.8 Å². The van der Waals surface area contributed by atoms with Crippen molar-refractivity contribution < 1.29 is 4.74 Å². The molecular weight excluding hydrogens is 334 g/mol. The number of aromatic amines is 1. The molecular formula is C23H29N3O. The van der Waals surface area contributed by atoms with E-state index >= 15 is 0 Å². The van der Waals surface area contributed by atoms with Crippen LogP contribution in [-0.2, 0) is 13.0 Å². The summed E-state index contributed by atoms with van der Waals surface area (Å²) in [5.74, 6) is 0.979. The van der Waals surface area contributed by atoms with Gasteiger partial charge in [-0.1, -0.05) is 36.4 Å². The van der Waals surface area contributed by atoms with Crippen molar-refractivity contribution in [2.24, 2.45) is 0 Å². The Morgan fingerprint density at radius 3 is 2.59 bits per heavy atom. The molecule has 0 amide bonds. The summed E-state index contributed by atoms with van der Waals surface area (Å²) in [5, 5.41) is 1.24. The average Bonchev–Trinajstić information content (AvgIpc) is 3.12. The SMILES string of the molecule is CN1CCN(CCCc2c[nH]c3cccc(OCc4ccccc4)c23)CC1. The lowest BCUT2D eigenvalue weighted by atomic mass is 10.1. The first kappa shape index (κ1) is 18.1. The van der Waals surface area contributed by atoms with E-state index in [4.69, 9.17) is 4.74 Å². The lowest BCUT2D eigenvalue weighted by molar-refractivity contribution is 0.153. The molecule has 0 bridgehead atoms. The van der Waals surface area contributed by atoms with Crippen molar-refractivity contribution in [3.05, 3.63) is 65.9 Å². The number of ether oxygens (including phenoxy) is 1. The third kappa shape index (κ3) is 4.52. The normalized spacial score (nSPS) is 16.0. The predicted octanol–water partition coefficient (Wildman–Crippen LogP) is 3.93. The molecule has 142 valence electrons.